The standard InChI is InChI=1S/C10H21NO3S/c1-4-10(12)7-11(8-10)5-6-15(13,14)9(2)3/h9,12H,4-8H2,1-3H3. The Kier molecular flexibility index (Phi) is 3.79. The van der Waals surface area contributed by atoms with Gasteiger partial charge in [0.15, 0.2) is 9.84 Å². The van der Waals surface area contributed by atoms with Crippen LogP contribution in [0.3, 0.4) is 0 Å². The molecule has 1 saturated heterocycles. The minimum absolute atomic E-state index is 0.199. The number of likely N-dealkylation sites (tertiary alicyclic amines) is 1. The lowest BCUT2D eigenvalue weighted by molar-refractivity contribution is -0.0966. The number of hydrogen-bond donors (Lipinski definition) is 1. The normalized spacial score (nSPS) is 21.7. The monoisotopic (exact) mass is 235 g/mol. The zero-order chi connectivity index (χ0) is 11.7. The summed E-state index contributed by atoms with van der Waals surface area (Å²) >= 11 is 0. The third-order valence-corrected chi connectivity index (χ3v) is 5.29. The maximum atomic E-state index is 11.5. The highest BCUT2D eigenvalue weighted by molar-refractivity contribution is 7.92. The van der Waals surface area contributed by atoms with Crippen molar-refractivity contribution in [3.8, 4) is 0 Å². The summed E-state index contributed by atoms with van der Waals surface area (Å²) in [5.74, 6) is 0.199. The van der Waals surface area contributed by atoms with Crippen LogP contribution in [0.4, 0.5) is 0 Å². The van der Waals surface area contributed by atoms with Gasteiger partial charge in [-0.25, -0.2) is 8.42 Å². The Labute approximate surface area is 92.2 Å². The van der Waals surface area contributed by atoms with Gasteiger partial charge < -0.3 is 5.11 Å². The van der Waals surface area contributed by atoms with Crippen molar-refractivity contribution in [2.24, 2.45) is 0 Å². The number of β-amino-alcohol motifs (C(OH)–C–C–N with tert-alkyl or cyclic N) is 1. The molecule has 0 spiro atoms. The van der Waals surface area contributed by atoms with E-state index in [1.807, 2.05) is 11.8 Å². The van der Waals surface area contributed by atoms with E-state index in [2.05, 4.69) is 0 Å². The first-order valence-corrected chi connectivity index (χ1v) is 7.17. The van der Waals surface area contributed by atoms with Crippen LogP contribution in [-0.4, -0.2) is 54.7 Å². The number of aliphatic hydroxyl groups is 1. The van der Waals surface area contributed by atoms with Crippen LogP contribution in [0, 0.1) is 0 Å². The summed E-state index contributed by atoms with van der Waals surface area (Å²) in [4.78, 5) is 1.99. The second kappa shape index (κ2) is 4.39. The molecule has 0 unspecified atom stereocenters. The van der Waals surface area contributed by atoms with Crippen LogP contribution in [0.1, 0.15) is 27.2 Å². The Hall–Kier alpha value is -0.130. The Morgan fingerprint density at radius 1 is 1.40 bits per heavy atom. The largest absolute Gasteiger partial charge is 0.387 e. The smallest absolute Gasteiger partial charge is 0.153 e. The molecule has 0 aliphatic carbocycles. The third kappa shape index (κ3) is 3.16. The summed E-state index contributed by atoms with van der Waals surface area (Å²) in [6.07, 6.45) is 0.737. The van der Waals surface area contributed by atoms with Crippen molar-refractivity contribution in [2.75, 3.05) is 25.4 Å². The van der Waals surface area contributed by atoms with Gasteiger partial charge in [0.05, 0.1) is 16.6 Å². The highest BCUT2D eigenvalue weighted by Gasteiger charge is 2.39. The van der Waals surface area contributed by atoms with Gasteiger partial charge in [-0.15, -0.1) is 0 Å². The van der Waals surface area contributed by atoms with E-state index in [0.29, 0.717) is 19.6 Å². The second-order valence-corrected chi connectivity index (χ2v) is 7.38. The number of hydrogen-bond acceptors (Lipinski definition) is 4. The maximum Gasteiger partial charge on any atom is 0.153 e. The van der Waals surface area contributed by atoms with Gasteiger partial charge in [-0.2, -0.15) is 0 Å². The molecule has 90 valence electrons. The fourth-order valence-corrected chi connectivity index (χ4v) is 2.64. The highest BCUT2D eigenvalue weighted by Crippen LogP contribution is 2.23. The quantitative estimate of drug-likeness (QED) is 0.743. The first kappa shape index (κ1) is 12.9. The third-order valence-electron chi connectivity index (χ3n) is 3.10. The molecule has 1 heterocycles. The van der Waals surface area contributed by atoms with E-state index in [-0.39, 0.29) is 11.0 Å². The summed E-state index contributed by atoms with van der Waals surface area (Å²) < 4.78 is 23.0. The molecule has 0 aromatic heterocycles. The highest BCUT2D eigenvalue weighted by atomic mass is 32.2. The van der Waals surface area contributed by atoms with Crippen LogP contribution in [0.5, 0.6) is 0 Å². The molecule has 1 aliphatic heterocycles. The molecule has 1 rings (SSSR count). The van der Waals surface area contributed by atoms with E-state index in [9.17, 15) is 13.5 Å². The molecule has 0 radical (unpaired) electrons. The van der Waals surface area contributed by atoms with Gasteiger partial charge in [0.1, 0.15) is 0 Å². The zero-order valence-electron chi connectivity index (χ0n) is 9.73. The van der Waals surface area contributed by atoms with Crippen molar-refractivity contribution in [1.29, 1.82) is 0 Å². The minimum atomic E-state index is -2.94. The van der Waals surface area contributed by atoms with Crippen LogP contribution in [0.15, 0.2) is 0 Å². The summed E-state index contributed by atoms with van der Waals surface area (Å²) in [7, 11) is -2.94. The molecule has 0 bridgehead atoms. The zero-order valence-corrected chi connectivity index (χ0v) is 10.5. The van der Waals surface area contributed by atoms with Crippen LogP contribution in [0.2, 0.25) is 0 Å². The molecule has 1 N–H and O–H groups in total. The van der Waals surface area contributed by atoms with Crippen molar-refractivity contribution < 1.29 is 13.5 Å². The molecule has 1 aliphatic rings. The van der Waals surface area contributed by atoms with E-state index < -0.39 is 15.4 Å². The Balaban J connectivity index is 2.30. The predicted octanol–water partition coefficient (Wildman–Crippen LogP) is 0.266. The Bertz CT molecular complexity index is 305. The number of rotatable bonds is 5. The fourth-order valence-electron chi connectivity index (χ4n) is 1.66. The van der Waals surface area contributed by atoms with E-state index in [1.54, 1.807) is 13.8 Å². The average molecular weight is 235 g/mol. The summed E-state index contributed by atoms with van der Waals surface area (Å²) in [5, 5.41) is 9.43. The van der Waals surface area contributed by atoms with Crippen molar-refractivity contribution in [2.45, 2.75) is 38.0 Å². The Morgan fingerprint density at radius 2 is 1.93 bits per heavy atom. The summed E-state index contributed by atoms with van der Waals surface area (Å²) in [6.45, 7) is 7.11. The van der Waals surface area contributed by atoms with E-state index in [0.717, 1.165) is 6.42 Å². The van der Waals surface area contributed by atoms with E-state index >= 15 is 0 Å². The molecule has 5 heteroatoms. The van der Waals surface area contributed by atoms with Crippen molar-refractivity contribution in [1.82, 2.24) is 4.90 Å². The minimum Gasteiger partial charge on any atom is -0.387 e. The van der Waals surface area contributed by atoms with Crippen LogP contribution >= 0.6 is 0 Å². The summed E-state index contributed by atoms with van der Waals surface area (Å²) in [6, 6.07) is 0. The van der Waals surface area contributed by atoms with Crippen LogP contribution in [-0.2, 0) is 9.84 Å². The van der Waals surface area contributed by atoms with Gasteiger partial charge in [0.2, 0.25) is 0 Å². The van der Waals surface area contributed by atoms with Crippen molar-refractivity contribution in [3.63, 3.8) is 0 Å². The molecule has 0 atom stereocenters. The lowest BCUT2D eigenvalue weighted by Gasteiger charge is -2.46. The topological polar surface area (TPSA) is 57.6 Å². The number of sulfone groups is 1. The van der Waals surface area contributed by atoms with Gasteiger partial charge in [-0.3, -0.25) is 4.90 Å². The van der Waals surface area contributed by atoms with Crippen LogP contribution < -0.4 is 0 Å². The van der Waals surface area contributed by atoms with Gasteiger partial charge >= 0.3 is 0 Å². The Morgan fingerprint density at radius 3 is 2.33 bits per heavy atom. The first-order valence-electron chi connectivity index (χ1n) is 5.45. The van der Waals surface area contributed by atoms with Gasteiger partial charge in [0, 0.05) is 19.6 Å². The second-order valence-electron chi connectivity index (χ2n) is 4.70. The lowest BCUT2D eigenvalue weighted by Crippen LogP contribution is -2.62. The van der Waals surface area contributed by atoms with Crippen molar-refractivity contribution in [3.05, 3.63) is 0 Å². The van der Waals surface area contributed by atoms with E-state index in [4.69, 9.17) is 0 Å². The van der Waals surface area contributed by atoms with Crippen molar-refractivity contribution >= 4 is 9.84 Å². The average Bonchev–Trinajstić information content (AvgIpc) is 2.10. The molecule has 15 heavy (non-hydrogen) atoms. The SMILES string of the molecule is CCC1(O)CN(CCS(=O)(=O)C(C)C)C1. The molecular formula is C10H21NO3S. The molecule has 4 nitrogen and oxygen atoms in total. The first-order chi connectivity index (χ1) is 6.79. The maximum absolute atomic E-state index is 11.5. The van der Waals surface area contributed by atoms with Gasteiger partial charge in [-0.05, 0) is 20.3 Å². The predicted molar refractivity (Wildman–Crippen MR) is 60.6 cm³/mol. The van der Waals surface area contributed by atoms with Crippen LogP contribution in [0.25, 0.3) is 0 Å². The fraction of sp³-hybridized carbons (Fsp3) is 1.00. The molecule has 0 aromatic rings. The molecule has 0 amide bonds. The van der Waals surface area contributed by atoms with E-state index in [1.165, 1.54) is 0 Å². The molecular weight excluding hydrogens is 214 g/mol. The summed E-state index contributed by atoms with van der Waals surface area (Å²) in [5.41, 5.74) is -0.568. The molecule has 0 aromatic carbocycles. The van der Waals surface area contributed by atoms with Gasteiger partial charge in [0.25, 0.3) is 0 Å². The van der Waals surface area contributed by atoms with Gasteiger partial charge in [-0.1, -0.05) is 6.92 Å². The lowest BCUT2D eigenvalue weighted by atomic mass is 9.92. The molecule has 0 saturated carbocycles. The number of nitrogens with zero attached hydrogens (tertiary/aromatic N) is 1. The molecule has 1 fully saturated rings.